The van der Waals surface area contributed by atoms with Crippen LogP contribution in [-0.4, -0.2) is 59.2 Å². The quantitative estimate of drug-likeness (QED) is 0.458. The van der Waals surface area contributed by atoms with Gasteiger partial charge in [0, 0.05) is 12.2 Å². The first-order valence-corrected chi connectivity index (χ1v) is 7.63. The SMILES string of the molecule is CCOC(=O)c1ccc(NC(=O)CN2C(=O)C(=O)N(CC)C2=O)cc1. The largest absolute Gasteiger partial charge is 0.462 e. The standard InChI is InChI=1S/C16H17N3O6/c1-3-18-13(21)14(22)19(16(18)24)9-12(20)17-11-7-5-10(6-8-11)15(23)25-4-2/h5-8H,3-4,9H2,1-2H3,(H,17,20). The number of anilines is 1. The third-order valence-corrected chi connectivity index (χ3v) is 3.43. The summed E-state index contributed by atoms with van der Waals surface area (Å²) in [7, 11) is 0. The molecule has 0 saturated carbocycles. The van der Waals surface area contributed by atoms with Gasteiger partial charge in [0.15, 0.2) is 0 Å². The smallest absolute Gasteiger partial charge is 0.338 e. The Hall–Kier alpha value is -3.23. The molecule has 2 rings (SSSR count). The fraction of sp³-hybridized carbons (Fsp3) is 0.312. The van der Waals surface area contributed by atoms with Gasteiger partial charge in [-0.25, -0.2) is 14.5 Å². The molecule has 1 aromatic carbocycles. The maximum Gasteiger partial charge on any atom is 0.338 e. The van der Waals surface area contributed by atoms with Crippen molar-refractivity contribution in [3.63, 3.8) is 0 Å². The predicted molar refractivity (Wildman–Crippen MR) is 85.5 cm³/mol. The number of amides is 5. The molecule has 1 heterocycles. The zero-order valence-corrected chi connectivity index (χ0v) is 13.8. The van der Waals surface area contributed by atoms with E-state index in [-0.39, 0.29) is 13.2 Å². The van der Waals surface area contributed by atoms with E-state index in [1.54, 1.807) is 13.8 Å². The zero-order chi connectivity index (χ0) is 18.6. The minimum absolute atomic E-state index is 0.0524. The van der Waals surface area contributed by atoms with E-state index >= 15 is 0 Å². The van der Waals surface area contributed by atoms with Crippen LogP contribution in [0.2, 0.25) is 0 Å². The lowest BCUT2D eigenvalue weighted by molar-refractivity contribution is -0.143. The summed E-state index contributed by atoms with van der Waals surface area (Å²) in [5, 5.41) is 2.49. The molecular formula is C16H17N3O6. The van der Waals surface area contributed by atoms with Gasteiger partial charge < -0.3 is 10.1 Å². The average molecular weight is 347 g/mol. The highest BCUT2D eigenvalue weighted by Gasteiger charge is 2.44. The Labute approximate surface area is 143 Å². The molecule has 1 aromatic rings. The molecule has 25 heavy (non-hydrogen) atoms. The van der Waals surface area contributed by atoms with Crippen molar-refractivity contribution >= 4 is 35.4 Å². The minimum Gasteiger partial charge on any atom is -0.462 e. The predicted octanol–water partition coefficient (Wildman–Crippen LogP) is 0.612. The molecule has 1 aliphatic rings. The Balaban J connectivity index is 1.99. The minimum atomic E-state index is -1.03. The lowest BCUT2D eigenvalue weighted by Crippen LogP contribution is -2.38. The summed E-state index contributed by atoms with van der Waals surface area (Å²) in [6.45, 7) is 2.98. The first-order chi connectivity index (χ1) is 11.9. The van der Waals surface area contributed by atoms with E-state index < -0.39 is 36.3 Å². The third-order valence-electron chi connectivity index (χ3n) is 3.43. The number of esters is 1. The number of rotatable bonds is 6. The molecule has 0 spiro atoms. The van der Waals surface area contributed by atoms with Gasteiger partial charge in [-0.3, -0.25) is 19.3 Å². The Morgan fingerprint density at radius 2 is 1.60 bits per heavy atom. The average Bonchev–Trinajstić information content (AvgIpc) is 2.79. The Morgan fingerprint density at radius 1 is 1.00 bits per heavy atom. The first-order valence-electron chi connectivity index (χ1n) is 7.63. The summed E-state index contributed by atoms with van der Waals surface area (Å²) in [6, 6.07) is 5.11. The molecule has 132 valence electrons. The van der Waals surface area contributed by atoms with E-state index in [9.17, 15) is 24.0 Å². The zero-order valence-electron chi connectivity index (χ0n) is 13.8. The van der Waals surface area contributed by atoms with Gasteiger partial charge in [0.2, 0.25) is 5.91 Å². The number of ether oxygens (including phenoxy) is 1. The van der Waals surface area contributed by atoms with Gasteiger partial charge in [-0.2, -0.15) is 0 Å². The normalized spacial score (nSPS) is 14.1. The van der Waals surface area contributed by atoms with Crippen molar-refractivity contribution in [2.24, 2.45) is 0 Å². The maximum atomic E-state index is 12.0. The molecule has 0 radical (unpaired) electrons. The molecule has 1 aliphatic heterocycles. The van der Waals surface area contributed by atoms with Crippen LogP contribution >= 0.6 is 0 Å². The number of carbonyl (C=O) groups is 5. The molecule has 0 aliphatic carbocycles. The summed E-state index contributed by atoms with van der Waals surface area (Å²) in [4.78, 5) is 60.1. The number of hydrogen-bond acceptors (Lipinski definition) is 6. The van der Waals surface area contributed by atoms with Crippen LogP contribution in [0.4, 0.5) is 10.5 Å². The number of hydrogen-bond donors (Lipinski definition) is 1. The van der Waals surface area contributed by atoms with Crippen LogP contribution in [-0.2, 0) is 19.1 Å². The van der Waals surface area contributed by atoms with Gasteiger partial charge in [-0.15, -0.1) is 0 Å². The van der Waals surface area contributed by atoms with Crippen LogP contribution in [0.15, 0.2) is 24.3 Å². The molecule has 0 unspecified atom stereocenters. The molecule has 1 fully saturated rings. The third kappa shape index (κ3) is 3.82. The molecule has 0 bridgehead atoms. The molecule has 0 atom stereocenters. The van der Waals surface area contributed by atoms with Gasteiger partial charge in [-0.05, 0) is 38.1 Å². The maximum absolute atomic E-state index is 12.0. The lowest BCUT2D eigenvalue weighted by atomic mass is 10.2. The van der Waals surface area contributed by atoms with Gasteiger partial charge in [-0.1, -0.05) is 0 Å². The van der Waals surface area contributed by atoms with Crippen LogP contribution < -0.4 is 5.32 Å². The summed E-state index contributed by atoms with van der Waals surface area (Å²) < 4.78 is 4.85. The number of nitrogens with zero attached hydrogens (tertiary/aromatic N) is 2. The van der Waals surface area contributed by atoms with Crippen LogP contribution in [0.1, 0.15) is 24.2 Å². The van der Waals surface area contributed by atoms with Crippen molar-refractivity contribution in [2.45, 2.75) is 13.8 Å². The highest BCUT2D eigenvalue weighted by atomic mass is 16.5. The molecule has 9 heteroatoms. The van der Waals surface area contributed by atoms with Crippen LogP contribution in [0, 0.1) is 0 Å². The monoisotopic (exact) mass is 347 g/mol. The van der Waals surface area contributed by atoms with Crippen molar-refractivity contribution in [3.05, 3.63) is 29.8 Å². The number of nitrogens with one attached hydrogen (secondary N) is 1. The van der Waals surface area contributed by atoms with Crippen molar-refractivity contribution in [1.82, 2.24) is 9.80 Å². The van der Waals surface area contributed by atoms with Crippen molar-refractivity contribution in [2.75, 3.05) is 25.0 Å². The highest BCUT2D eigenvalue weighted by Crippen LogP contribution is 2.13. The van der Waals surface area contributed by atoms with Crippen LogP contribution in [0.3, 0.4) is 0 Å². The second-order valence-corrected chi connectivity index (χ2v) is 5.07. The first kappa shape index (κ1) is 18.1. The van der Waals surface area contributed by atoms with E-state index in [2.05, 4.69) is 5.32 Å². The van der Waals surface area contributed by atoms with Gasteiger partial charge in [0.05, 0.1) is 12.2 Å². The lowest BCUT2D eigenvalue weighted by Gasteiger charge is -2.14. The van der Waals surface area contributed by atoms with E-state index in [1.165, 1.54) is 24.3 Å². The summed E-state index contributed by atoms with van der Waals surface area (Å²) in [5.41, 5.74) is 0.699. The number of imide groups is 2. The summed E-state index contributed by atoms with van der Waals surface area (Å²) >= 11 is 0. The van der Waals surface area contributed by atoms with Crippen molar-refractivity contribution in [1.29, 1.82) is 0 Å². The van der Waals surface area contributed by atoms with Crippen LogP contribution in [0.5, 0.6) is 0 Å². The fourth-order valence-electron chi connectivity index (χ4n) is 2.22. The topological polar surface area (TPSA) is 113 Å². The number of benzene rings is 1. The van der Waals surface area contributed by atoms with Crippen molar-refractivity contribution < 1.29 is 28.7 Å². The summed E-state index contributed by atoms with van der Waals surface area (Å²) in [5.74, 6) is -3.10. The Morgan fingerprint density at radius 3 is 2.12 bits per heavy atom. The number of carbonyl (C=O) groups excluding carboxylic acids is 5. The van der Waals surface area contributed by atoms with Gasteiger partial charge in [0.25, 0.3) is 0 Å². The van der Waals surface area contributed by atoms with Crippen LogP contribution in [0.25, 0.3) is 0 Å². The Kier molecular flexibility index (Phi) is 5.48. The van der Waals surface area contributed by atoms with Crippen molar-refractivity contribution in [3.8, 4) is 0 Å². The van der Waals surface area contributed by atoms with E-state index in [1.807, 2.05) is 0 Å². The van der Waals surface area contributed by atoms with E-state index in [4.69, 9.17) is 4.74 Å². The summed E-state index contributed by atoms with van der Waals surface area (Å²) in [6.07, 6.45) is 0. The van der Waals surface area contributed by atoms with Gasteiger partial charge >= 0.3 is 23.8 Å². The highest BCUT2D eigenvalue weighted by molar-refractivity contribution is 6.45. The number of urea groups is 1. The molecule has 1 N–H and O–H groups in total. The molecule has 1 saturated heterocycles. The second-order valence-electron chi connectivity index (χ2n) is 5.07. The van der Waals surface area contributed by atoms with E-state index in [0.29, 0.717) is 16.2 Å². The molecule has 5 amide bonds. The van der Waals surface area contributed by atoms with Gasteiger partial charge in [0.1, 0.15) is 6.54 Å². The number of likely N-dealkylation sites (N-methyl/N-ethyl adjacent to an activating group) is 1. The molecule has 0 aromatic heterocycles. The molecule has 9 nitrogen and oxygen atoms in total. The van der Waals surface area contributed by atoms with E-state index in [0.717, 1.165) is 4.90 Å². The fourth-order valence-corrected chi connectivity index (χ4v) is 2.22. The molecular weight excluding hydrogens is 330 g/mol. The second kappa shape index (κ2) is 7.56. The Bertz CT molecular complexity index is 728.